The van der Waals surface area contributed by atoms with Crippen molar-refractivity contribution in [3.8, 4) is 0 Å². The smallest absolute Gasteiger partial charge is 0.335 e. The van der Waals surface area contributed by atoms with E-state index in [1.165, 1.54) is 23.9 Å². The molecule has 0 radical (unpaired) electrons. The number of amides is 1. The molecule has 2 aromatic carbocycles. The molecule has 3 aromatic rings. The van der Waals surface area contributed by atoms with Gasteiger partial charge in [-0.2, -0.15) is 0 Å². The van der Waals surface area contributed by atoms with E-state index in [1.54, 1.807) is 12.1 Å². The van der Waals surface area contributed by atoms with Crippen molar-refractivity contribution in [1.82, 2.24) is 15.3 Å². The number of hydrogen-bond acceptors (Lipinski definition) is 4. The fourth-order valence-electron chi connectivity index (χ4n) is 2.15. The van der Waals surface area contributed by atoms with Gasteiger partial charge in [-0.05, 0) is 29.8 Å². The van der Waals surface area contributed by atoms with E-state index in [0.717, 1.165) is 16.6 Å². The number of benzene rings is 2. The molecule has 0 bridgehead atoms. The molecule has 7 heteroatoms. The van der Waals surface area contributed by atoms with Gasteiger partial charge < -0.3 is 15.4 Å². The first-order valence-corrected chi connectivity index (χ1v) is 8.27. The first-order chi connectivity index (χ1) is 11.6. The van der Waals surface area contributed by atoms with E-state index in [2.05, 4.69) is 15.3 Å². The van der Waals surface area contributed by atoms with Crippen LogP contribution in [0.1, 0.15) is 15.9 Å². The third kappa shape index (κ3) is 3.94. The number of carboxylic acid groups (broad SMARTS) is 1. The van der Waals surface area contributed by atoms with Crippen molar-refractivity contribution >= 4 is 34.7 Å². The second-order valence-corrected chi connectivity index (χ2v) is 6.09. The largest absolute Gasteiger partial charge is 0.478 e. The number of para-hydroxylation sites is 2. The van der Waals surface area contributed by atoms with Crippen LogP contribution in [-0.2, 0) is 11.3 Å². The van der Waals surface area contributed by atoms with Crippen molar-refractivity contribution in [2.45, 2.75) is 11.7 Å². The molecule has 0 aliphatic heterocycles. The molecule has 24 heavy (non-hydrogen) atoms. The van der Waals surface area contributed by atoms with Crippen LogP contribution in [0.3, 0.4) is 0 Å². The number of aromatic amines is 1. The lowest BCUT2D eigenvalue weighted by molar-refractivity contribution is -0.118. The van der Waals surface area contributed by atoms with Gasteiger partial charge in [0.15, 0.2) is 5.16 Å². The maximum Gasteiger partial charge on any atom is 0.335 e. The lowest BCUT2D eigenvalue weighted by Crippen LogP contribution is -2.24. The molecule has 0 saturated carbocycles. The van der Waals surface area contributed by atoms with Gasteiger partial charge in [-0.25, -0.2) is 9.78 Å². The van der Waals surface area contributed by atoms with Gasteiger partial charge in [-0.15, -0.1) is 0 Å². The zero-order valence-corrected chi connectivity index (χ0v) is 13.5. The standard InChI is InChI=1S/C17H15N3O3S/c21-15(18-9-11-5-7-12(8-6-11)16(22)23)10-24-17-19-13-3-1-2-4-14(13)20-17/h1-8H,9-10H2,(H,18,21)(H,19,20)(H,22,23). The van der Waals surface area contributed by atoms with Crippen LogP contribution in [0.25, 0.3) is 11.0 Å². The number of H-pyrrole nitrogens is 1. The lowest BCUT2D eigenvalue weighted by Gasteiger charge is -2.05. The third-order valence-corrected chi connectivity index (χ3v) is 4.27. The Balaban J connectivity index is 1.49. The summed E-state index contributed by atoms with van der Waals surface area (Å²) in [6.07, 6.45) is 0. The molecule has 0 saturated heterocycles. The number of carboxylic acids is 1. The van der Waals surface area contributed by atoms with Gasteiger partial charge in [0.25, 0.3) is 0 Å². The zero-order valence-electron chi connectivity index (χ0n) is 12.7. The molecule has 122 valence electrons. The number of nitrogens with one attached hydrogen (secondary N) is 2. The highest BCUT2D eigenvalue weighted by Crippen LogP contribution is 2.18. The number of hydrogen-bond donors (Lipinski definition) is 3. The molecule has 1 heterocycles. The number of aromatic carboxylic acids is 1. The average molecular weight is 341 g/mol. The summed E-state index contributed by atoms with van der Waals surface area (Å²) >= 11 is 1.34. The number of nitrogens with zero attached hydrogens (tertiary/aromatic N) is 1. The number of aromatic nitrogens is 2. The fourth-order valence-corrected chi connectivity index (χ4v) is 2.86. The Hall–Kier alpha value is -2.80. The molecule has 3 rings (SSSR count). The molecule has 0 atom stereocenters. The van der Waals surface area contributed by atoms with Crippen LogP contribution in [0.15, 0.2) is 53.7 Å². The molecule has 6 nitrogen and oxygen atoms in total. The van der Waals surface area contributed by atoms with Gasteiger partial charge in [-0.3, -0.25) is 4.79 Å². The highest BCUT2D eigenvalue weighted by Gasteiger charge is 2.07. The molecule has 3 N–H and O–H groups in total. The Morgan fingerprint density at radius 3 is 2.58 bits per heavy atom. The van der Waals surface area contributed by atoms with E-state index in [9.17, 15) is 9.59 Å². The molecule has 0 spiro atoms. The van der Waals surface area contributed by atoms with Gasteiger partial charge in [-0.1, -0.05) is 36.0 Å². The van der Waals surface area contributed by atoms with Crippen LogP contribution >= 0.6 is 11.8 Å². The van der Waals surface area contributed by atoms with Crippen molar-refractivity contribution in [3.63, 3.8) is 0 Å². The van der Waals surface area contributed by atoms with Crippen LogP contribution in [-0.4, -0.2) is 32.7 Å². The Kier molecular flexibility index (Phi) is 4.81. The summed E-state index contributed by atoms with van der Waals surface area (Å²) in [6.45, 7) is 0.361. The number of carbonyl (C=O) groups is 2. The Morgan fingerprint density at radius 2 is 1.88 bits per heavy atom. The average Bonchev–Trinajstić information content (AvgIpc) is 3.01. The second kappa shape index (κ2) is 7.18. The van der Waals surface area contributed by atoms with E-state index in [4.69, 9.17) is 5.11 Å². The van der Waals surface area contributed by atoms with Crippen LogP contribution in [0.5, 0.6) is 0 Å². The molecule has 1 amide bonds. The minimum Gasteiger partial charge on any atom is -0.478 e. The lowest BCUT2D eigenvalue weighted by atomic mass is 10.1. The fraction of sp³-hybridized carbons (Fsp3) is 0.118. The monoisotopic (exact) mass is 341 g/mol. The van der Waals surface area contributed by atoms with Crippen LogP contribution in [0.2, 0.25) is 0 Å². The third-order valence-electron chi connectivity index (χ3n) is 3.40. The highest BCUT2D eigenvalue weighted by molar-refractivity contribution is 7.99. The van der Waals surface area contributed by atoms with Crippen molar-refractivity contribution in [2.24, 2.45) is 0 Å². The SMILES string of the molecule is O=C(CSc1nc2ccccc2[nH]1)NCc1ccc(C(=O)O)cc1. The highest BCUT2D eigenvalue weighted by atomic mass is 32.2. The first kappa shape index (κ1) is 16.1. The van der Waals surface area contributed by atoms with E-state index >= 15 is 0 Å². The Labute approximate surface area is 142 Å². The van der Waals surface area contributed by atoms with E-state index in [-0.39, 0.29) is 17.2 Å². The Bertz CT molecular complexity index is 841. The molecule has 0 unspecified atom stereocenters. The van der Waals surface area contributed by atoms with Crippen molar-refractivity contribution < 1.29 is 14.7 Å². The number of rotatable bonds is 6. The van der Waals surface area contributed by atoms with Gasteiger partial charge in [0.1, 0.15) is 0 Å². The topological polar surface area (TPSA) is 95.1 Å². The summed E-state index contributed by atoms with van der Waals surface area (Å²) in [4.78, 5) is 30.3. The normalized spacial score (nSPS) is 10.7. The summed E-state index contributed by atoms with van der Waals surface area (Å²) in [5.74, 6) is -0.817. The van der Waals surface area contributed by atoms with Gasteiger partial charge in [0.2, 0.25) is 5.91 Å². The molecular weight excluding hydrogens is 326 g/mol. The first-order valence-electron chi connectivity index (χ1n) is 7.28. The number of carbonyl (C=O) groups excluding carboxylic acids is 1. The minimum absolute atomic E-state index is 0.109. The van der Waals surface area contributed by atoms with E-state index in [0.29, 0.717) is 11.7 Å². The maximum absolute atomic E-state index is 11.9. The number of fused-ring (bicyclic) bond motifs is 1. The van der Waals surface area contributed by atoms with Gasteiger partial charge in [0, 0.05) is 6.54 Å². The van der Waals surface area contributed by atoms with Crippen molar-refractivity contribution in [1.29, 1.82) is 0 Å². The molecule has 0 aliphatic rings. The molecular formula is C17H15N3O3S. The molecule has 0 fully saturated rings. The minimum atomic E-state index is -0.965. The number of thioether (sulfide) groups is 1. The summed E-state index contributed by atoms with van der Waals surface area (Å²) in [5.41, 5.74) is 2.89. The second-order valence-electron chi connectivity index (χ2n) is 5.13. The van der Waals surface area contributed by atoms with Gasteiger partial charge >= 0.3 is 5.97 Å². The summed E-state index contributed by atoms with van der Waals surface area (Å²) in [7, 11) is 0. The van der Waals surface area contributed by atoms with Crippen molar-refractivity contribution in [3.05, 3.63) is 59.7 Å². The summed E-state index contributed by atoms with van der Waals surface area (Å²) in [5, 5.41) is 12.4. The van der Waals surface area contributed by atoms with Gasteiger partial charge in [0.05, 0.1) is 22.3 Å². The van der Waals surface area contributed by atoms with Crippen LogP contribution < -0.4 is 5.32 Å². The maximum atomic E-state index is 11.9. The van der Waals surface area contributed by atoms with Crippen molar-refractivity contribution in [2.75, 3.05) is 5.75 Å². The zero-order chi connectivity index (χ0) is 16.9. The predicted octanol–water partition coefficient (Wildman–Crippen LogP) is 2.67. The quantitative estimate of drug-likeness (QED) is 0.599. The summed E-state index contributed by atoms with van der Waals surface area (Å²) in [6, 6.07) is 14.1. The molecule has 0 aliphatic carbocycles. The van der Waals surface area contributed by atoms with Crippen LogP contribution in [0, 0.1) is 0 Å². The van der Waals surface area contributed by atoms with E-state index in [1.807, 2.05) is 24.3 Å². The number of imidazole rings is 1. The predicted molar refractivity (Wildman–Crippen MR) is 92.1 cm³/mol. The van der Waals surface area contributed by atoms with E-state index < -0.39 is 5.97 Å². The molecule has 1 aromatic heterocycles. The Morgan fingerprint density at radius 1 is 1.12 bits per heavy atom. The van der Waals surface area contributed by atoms with Crippen LogP contribution in [0.4, 0.5) is 0 Å². The summed E-state index contributed by atoms with van der Waals surface area (Å²) < 4.78 is 0.